The van der Waals surface area contributed by atoms with E-state index in [0.717, 1.165) is 17.4 Å². The highest BCUT2D eigenvalue weighted by molar-refractivity contribution is 5.16. The first-order valence-electron chi connectivity index (χ1n) is 8.90. The minimum Gasteiger partial charge on any atom is -1.00 e. The highest BCUT2D eigenvalue weighted by Crippen LogP contribution is 2.30. The van der Waals surface area contributed by atoms with E-state index in [1.54, 1.807) is 0 Å². The summed E-state index contributed by atoms with van der Waals surface area (Å²) in [7, 11) is 0. The van der Waals surface area contributed by atoms with E-state index in [1.807, 2.05) is 0 Å². The van der Waals surface area contributed by atoms with Crippen molar-refractivity contribution in [1.29, 1.82) is 0 Å². The molecular weight excluding hydrogens is 314 g/mol. The zero-order valence-electron chi connectivity index (χ0n) is 14.4. The van der Waals surface area contributed by atoms with Crippen molar-refractivity contribution in [3.05, 3.63) is 84.6 Å². The molecule has 2 unspecified atom stereocenters. The summed E-state index contributed by atoms with van der Waals surface area (Å²) >= 11 is 0. The molecule has 0 radical (unpaired) electrons. The maximum Gasteiger partial charge on any atom is 0.109 e. The van der Waals surface area contributed by atoms with E-state index in [-0.39, 0.29) is 12.4 Å². The molecule has 1 aliphatic heterocycles. The summed E-state index contributed by atoms with van der Waals surface area (Å²) < 4.78 is 1.03. The van der Waals surface area contributed by atoms with Crippen molar-refractivity contribution in [2.45, 2.75) is 44.7 Å². The maximum absolute atomic E-state index is 4.26. The Kier molecular flexibility index (Phi) is 7.08. The molecule has 0 aliphatic carbocycles. The van der Waals surface area contributed by atoms with E-state index >= 15 is 0 Å². The van der Waals surface area contributed by atoms with Crippen molar-refractivity contribution >= 4 is 0 Å². The Balaban J connectivity index is 0.00000208. The van der Waals surface area contributed by atoms with Gasteiger partial charge in [-0.25, -0.2) is 0 Å². The number of hydrogen-bond donors (Lipinski definition) is 0. The average molecular weight is 342 g/mol. The number of likely N-dealkylation sites (tertiary alicyclic amines) is 1. The van der Waals surface area contributed by atoms with Gasteiger partial charge in [0.1, 0.15) is 6.54 Å². The molecule has 128 valence electrons. The molecule has 2 aromatic rings. The van der Waals surface area contributed by atoms with E-state index < -0.39 is 0 Å². The van der Waals surface area contributed by atoms with Crippen molar-refractivity contribution in [3.63, 3.8) is 0 Å². The molecule has 0 amide bonds. The number of nitrogens with zero attached hydrogens (tertiary/aromatic N) is 1. The van der Waals surface area contributed by atoms with Gasteiger partial charge in [0.05, 0.1) is 18.8 Å². The molecule has 3 rings (SSSR count). The molecular formula is C22H28ClN. The predicted octanol–water partition coefficient (Wildman–Crippen LogP) is 2.34. The highest BCUT2D eigenvalue weighted by Gasteiger charge is 2.36. The van der Waals surface area contributed by atoms with Gasteiger partial charge in [0.15, 0.2) is 0 Å². The van der Waals surface area contributed by atoms with Gasteiger partial charge in [-0.2, -0.15) is 0 Å². The van der Waals surface area contributed by atoms with Gasteiger partial charge in [0.25, 0.3) is 0 Å². The fourth-order valence-electron chi connectivity index (χ4n) is 4.01. The summed E-state index contributed by atoms with van der Waals surface area (Å²) in [6.45, 7) is 6.55. The molecule has 1 saturated heterocycles. The van der Waals surface area contributed by atoms with E-state index in [1.165, 1.54) is 43.4 Å². The largest absolute Gasteiger partial charge is 1.00 e. The van der Waals surface area contributed by atoms with E-state index in [4.69, 9.17) is 0 Å². The Labute approximate surface area is 153 Å². The summed E-state index contributed by atoms with van der Waals surface area (Å²) in [4.78, 5) is 0. The Bertz CT molecular complexity index is 610. The van der Waals surface area contributed by atoms with Gasteiger partial charge in [0.2, 0.25) is 0 Å². The average Bonchev–Trinajstić information content (AvgIpc) is 2.80. The third-order valence-corrected chi connectivity index (χ3v) is 5.34. The van der Waals surface area contributed by atoms with Crippen LogP contribution >= 0.6 is 0 Å². The first-order valence-corrected chi connectivity index (χ1v) is 8.90. The number of hydrogen-bond acceptors (Lipinski definition) is 0. The van der Waals surface area contributed by atoms with Crippen LogP contribution in [0.2, 0.25) is 0 Å². The molecule has 0 N–H and O–H groups in total. The third-order valence-electron chi connectivity index (χ3n) is 5.34. The number of halogens is 1. The molecule has 1 heterocycles. The fraction of sp³-hybridized carbons (Fsp3) is 0.364. The van der Waals surface area contributed by atoms with Crippen LogP contribution in [0.5, 0.6) is 0 Å². The molecule has 0 saturated carbocycles. The summed E-state index contributed by atoms with van der Waals surface area (Å²) in [5.74, 6) is 0. The summed E-state index contributed by atoms with van der Waals surface area (Å²) in [5, 5.41) is 0. The Morgan fingerprint density at radius 3 is 2.12 bits per heavy atom. The number of quaternary nitrogens is 1. The Morgan fingerprint density at radius 2 is 1.50 bits per heavy atom. The predicted molar refractivity (Wildman–Crippen MR) is 97.9 cm³/mol. The van der Waals surface area contributed by atoms with Crippen LogP contribution in [0.1, 0.15) is 36.8 Å². The van der Waals surface area contributed by atoms with Crippen LogP contribution in [-0.2, 0) is 13.0 Å². The van der Waals surface area contributed by atoms with Gasteiger partial charge in [0, 0.05) is 18.4 Å². The second-order valence-electron chi connectivity index (χ2n) is 6.85. The third kappa shape index (κ3) is 4.49. The first-order chi connectivity index (χ1) is 11.3. The lowest BCUT2D eigenvalue weighted by Crippen LogP contribution is -3.00. The maximum atomic E-state index is 4.26. The molecule has 1 fully saturated rings. The van der Waals surface area contributed by atoms with Crippen LogP contribution < -0.4 is 12.4 Å². The van der Waals surface area contributed by atoms with Crippen molar-refractivity contribution in [2.24, 2.45) is 0 Å². The standard InChI is InChI=1S/C22H28N.ClH/c1-2-23(19-21-14-8-4-9-15-21)17-11-5-10-16-22(23)18-20-12-6-3-7-13-20;/h2-4,6-9,12-15,22H,1,5,10-11,16-19H2;1H/q+1;/p-1. The van der Waals surface area contributed by atoms with Gasteiger partial charge in [-0.3, -0.25) is 4.48 Å². The van der Waals surface area contributed by atoms with Crippen molar-refractivity contribution in [1.82, 2.24) is 0 Å². The van der Waals surface area contributed by atoms with Crippen LogP contribution in [0.15, 0.2) is 73.4 Å². The van der Waals surface area contributed by atoms with Crippen molar-refractivity contribution < 1.29 is 16.9 Å². The van der Waals surface area contributed by atoms with Crippen molar-refractivity contribution in [3.8, 4) is 0 Å². The van der Waals surface area contributed by atoms with Gasteiger partial charge in [-0.05, 0) is 31.4 Å². The minimum atomic E-state index is 0. The molecule has 1 aliphatic rings. The number of benzene rings is 2. The topological polar surface area (TPSA) is 0 Å². The normalized spacial score (nSPS) is 23.8. The van der Waals surface area contributed by atoms with Gasteiger partial charge < -0.3 is 12.4 Å². The lowest BCUT2D eigenvalue weighted by Gasteiger charge is -2.41. The van der Waals surface area contributed by atoms with Gasteiger partial charge in [-0.15, -0.1) is 0 Å². The first kappa shape index (κ1) is 18.8. The number of rotatable bonds is 5. The van der Waals surface area contributed by atoms with Gasteiger partial charge >= 0.3 is 0 Å². The van der Waals surface area contributed by atoms with Crippen LogP contribution in [0.25, 0.3) is 0 Å². The zero-order chi connectivity index (χ0) is 16.0. The molecule has 2 atom stereocenters. The second-order valence-corrected chi connectivity index (χ2v) is 6.85. The molecule has 1 nitrogen and oxygen atoms in total. The quantitative estimate of drug-likeness (QED) is 0.732. The van der Waals surface area contributed by atoms with Crippen LogP contribution in [0, 0.1) is 0 Å². The van der Waals surface area contributed by atoms with E-state index in [9.17, 15) is 0 Å². The minimum absolute atomic E-state index is 0. The van der Waals surface area contributed by atoms with Crippen LogP contribution in [0.3, 0.4) is 0 Å². The molecule has 24 heavy (non-hydrogen) atoms. The SMILES string of the molecule is C=C[N+]1(Cc2ccccc2)CCCCCC1Cc1ccccc1.[Cl-]. The lowest BCUT2D eigenvalue weighted by molar-refractivity contribution is -0.916. The summed E-state index contributed by atoms with van der Waals surface area (Å²) in [6, 6.07) is 22.5. The highest BCUT2D eigenvalue weighted by atomic mass is 35.5. The van der Waals surface area contributed by atoms with E-state index in [2.05, 4.69) is 73.4 Å². The summed E-state index contributed by atoms with van der Waals surface area (Å²) in [5.41, 5.74) is 2.88. The summed E-state index contributed by atoms with van der Waals surface area (Å²) in [6.07, 6.45) is 8.69. The van der Waals surface area contributed by atoms with Gasteiger partial charge in [-0.1, -0.05) is 60.7 Å². The fourth-order valence-corrected chi connectivity index (χ4v) is 4.01. The molecule has 2 heteroatoms. The van der Waals surface area contributed by atoms with Crippen molar-refractivity contribution in [2.75, 3.05) is 6.54 Å². The monoisotopic (exact) mass is 341 g/mol. The molecule has 0 bridgehead atoms. The van der Waals surface area contributed by atoms with Crippen LogP contribution in [-0.4, -0.2) is 17.1 Å². The van der Waals surface area contributed by atoms with E-state index in [0.29, 0.717) is 6.04 Å². The Morgan fingerprint density at radius 1 is 0.875 bits per heavy atom. The Hall–Kier alpha value is -1.57. The molecule has 0 spiro atoms. The molecule has 0 aromatic heterocycles. The lowest BCUT2D eigenvalue weighted by atomic mass is 9.98. The molecule has 2 aromatic carbocycles. The van der Waals surface area contributed by atoms with Crippen LogP contribution in [0.4, 0.5) is 0 Å². The zero-order valence-corrected chi connectivity index (χ0v) is 15.2. The second kappa shape index (κ2) is 9.05. The smallest absolute Gasteiger partial charge is 0.109 e.